The van der Waals surface area contributed by atoms with Gasteiger partial charge in [-0.25, -0.2) is 4.99 Å². The number of rotatable bonds is 4. The van der Waals surface area contributed by atoms with Crippen LogP contribution in [0.2, 0.25) is 0 Å². The lowest BCUT2D eigenvalue weighted by atomic mass is 10.3. The van der Waals surface area contributed by atoms with Gasteiger partial charge in [-0.1, -0.05) is 53.3 Å². The van der Waals surface area contributed by atoms with Crippen LogP contribution in [-0.2, 0) is 4.79 Å². The highest BCUT2D eigenvalue weighted by atomic mass is 35.5. The largest absolute Gasteiger partial charge is 0.497 e. The fourth-order valence-electron chi connectivity index (χ4n) is 1.87. The molecule has 1 aliphatic rings. The number of ketones is 1. The van der Waals surface area contributed by atoms with E-state index >= 15 is 0 Å². The average molecular weight is 362 g/mol. The van der Waals surface area contributed by atoms with Gasteiger partial charge >= 0.3 is 0 Å². The zero-order valence-electron chi connectivity index (χ0n) is 12.2. The Bertz CT molecular complexity index is 786. The van der Waals surface area contributed by atoms with E-state index in [-0.39, 0.29) is 10.8 Å². The van der Waals surface area contributed by atoms with E-state index in [1.165, 1.54) is 23.5 Å². The minimum Gasteiger partial charge on any atom is -0.497 e. The van der Waals surface area contributed by atoms with Gasteiger partial charge in [-0.3, -0.25) is 4.79 Å². The predicted octanol–water partition coefficient (Wildman–Crippen LogP) is 5.24. The van der Waals surface area contributed by atoms with Crippen LogP contribution in [0.1, 0.15) is 0 Å². The zero-order chi connectivity index (χ0) is 16.2. The molecule has 0 aromatic heterocycles. The number of carbonyl (C=O) groups excluding carboxylic acids is 1. The zero-order valence-corrected chi connectivity index (χ0v) is 14.5. The molecule has 0 N–H and O–H groups in total. The monoisotopic (exact) mass is 361 g/mol. The number of hydrogen-bond donors (Lipinski definition) is 0. The van der Waals surface area contributed by atoms with Crippen molar-refractivity contribution in [3.8, 4) is 5.75 Å². The maximum Gasteiger partial charge on any atom is 0.231 e. The van der Waals surface area contributed by atoms with Crippen molar-refractivity contribution in [2.24, 2.45) is 4.99 Å². The van der Waals surface area contributed by atoms with Gasteiger partial charge in [-0.2, -0.15) is 0 Å². The molecule has 1 heterocycles. The first-order chi connectivity index (χ1) is 11.2. The number of allylic oxidation sites excluding steroid dienone is 1. The van der Waals surface area contributed by atoms with E-state index in [1.54, 1.807) is 31.4 Å². The molecule has 0 spiro atoms. The van der Waals surface area contributed by atoms with Crippen molar-refractivity contribution in [2.45, 2.75) is 4.90 Å². The molecule has 0 amide bonds. The molecular weight excluding hydrogens is 350 g/mol. The van der Waals surface area contributed by atoms with Crippen LogP contribution in [0.3, 0.4) is 0 Å². The third-order valence-corrected chi connectivity index (χ3v) is 5.86. The first kappa shape index (κ1) is 16.2. The van der Waals surface area contributed by atoms with Crippen LogP contribution in [0.4, 0.5) is 5.69 Å². The molecule has 0 saturated carbocycles. The van der Waals surface area contributed by atoms with Gasteiger partial charge in [0.1, 0.15) is 10.8 Å². The second-order valence-corrected chi connectivity index (χ2v) is 7.28. The van der Waals surface area contributed by atoms with Crippen molar-refractivity contribution < 1.29 is 9.53 Å². The van der Waals surface area contributed by atoms with Gasteiger partial charge in [0.2, 0.25) is 5.78 Å². The Balaban J connectivity index is 1.79. The second kappa shape index (κ2) is 7.25. The normalized spacial score (nSPS) is 16.3. The van der Waals surface area contributed by atoms with Gasteiger partial charge in [0, 0.05) is 4.90 Å². The third kappa shape index (κ3) is 3.80. The number of nitrogens with zero attached hydrogens (tertiary/aromatic N) is 1. The highest BCUT2D eigenvalue weighted by molar-refractivity contribution is 8.31. The maximum atomic E-state index is 12.3. The summed E-state index contributed by atoms with van der Waals surface area (Å²) in [6, 6.07) is 17.0. The van der Waals surface area contributed by atoms with Gasteiger partial charge in [0.05, 0.1) is 17.0 Å². The van der Waals surface area contributed by atoms with Crippen molar-refractivity contribution in [3.63, 3.8) is 0 Å². The number of halogens is 1. The molecule has 0 radical (unpaired) electrons. The molecule has 3 rings (SSSR count). The van der Waals surface area contributed by atoms with Gasteiger partial charge in [0.15, 0.2) is 5.04 Å². The lowest BCUT2D eigenvalue weighted by Gasteiger charge is -2.01. The summed E-state index contributed by atoms with van der Waals surface area (Å²) in [6.45, 7) is 0. The Morgan fingerprint density at radius 3 is 2.43 bits per heavy atom. The van der Waals surface area contributed by atoms with Crippen molar-refractivity contribution in [2.75, 3.05) is 7.11 Å². The lowest BCUT2D eigenvalue weighted by Crippen LogP contribution is -2.03. The van der Waals surface area contributed by atoms with E-state index < -0.39 is 0 Å². The summed E-state index contributed by atoms with van der Waals surface area (Å²) < 4.78 is 5.87. The molecule has 0 saturated heterocycles. The second-order valence-electron chi connectivity index (χ2n) is 4.56. The van der Waals surface area contributed by atoms with E-state index in [4.69, 9.17) is 16.3 Å². The summed E-state index contributed by atoms with van der Waals surface area (Å²) in [4.78, 5) is 17.7. The summed E-state index contributed by atoms with van der Waals surface area (Å²) in [5.74, 6) is 0.516. The number of Topliss-reactive ketones (excluding diaryl/α,β-unsaturated/α-hetero) is 1. The smallest absolute Gasteiger partial charge is 0.231 e. The number of thioether (sulfide) groups is 2. The van der Waals surface area contributed by atoms with Gasteiger partial charge in [0.25, 0.3) is 0 Å². The summed E-state index contributed by atoms with van der Waals surface area (Å²) in [5.41, 5.74) is 0.692. The van der Waals surface area contributed by atoms with Crippen molar-refractivity contribution >= 4 is 51.6 Å². The molecule has 1 aliphatic heterocycles. The van der Waals surface area contributed by atoms with Crippen LogP contribution < -0.4 is 4.74 Å². The first-order valence-electron chi connectivity index (χ1n) is 6.75. The molecule has 3 nitrogen and oxygen atoms in total. The molecule has 0 aliphatic carbocycles. The molecule has 6 heteroatoms. The maximum absolute atomic E-state index is 12.3. The molecule has 0 unspecified atom stereocenters. The lowest BCUT2D eigenvalue weighted by molar-refractivity contribution is -0.108. The number of benzene rings is 2. The molecular formula is C17H12ClNO2S2. The number of carbonyl (C=O) groups is 1. The highest BCUT2D eigenvalue weighted by Gasteiger charge is 2.30. The molecule has 2 aromatic rings. The van der Waals surface area contributed by atoms with Crippen LogP contribution in [0.25, 0.3) is 0 Å². The minimum absolute atomic E-state index is 0.231. The van der Waals surface area contributed by atoms with Gasteiger partial charge in [-0.05, 0) is 36.4 Å². The van der Waals surface area contributed by atoms with E-state index in [2.05, 4.69) is 4.99 Å². The third-order valence-electron chi connectivity index (χ3n) is 3.02. The topological polar surface area (TPSA) is 38.7 Å². The SMILES string of the molecule is COc1ccc(N=C2SC(Sc3ccccc3)=C(Cl)C2=O)cc1. The van der Waals surface area contributed by atoms with Crippen molar-refractivity contribution in [1.29, 1.82) is 0 Å². The van der Waals surface area contributed by atoms with Crippen LogP contribution in [0.15, 0.2) is 73.8 Å². The van der Waals surface area contributed by atoms with Crippen LogP contribution in [-0.4, -0.2) is 17.9 Å². The highest BCUT2D eigenvalue weighted by Crippen LogP contribution is 2.45. The minimum atomic E-state index is -0.231. The predicted molar refractivity (Wildman–Crippen MR) is 97.9 cm³/mol. The Morgan fingerprint density at radius 2 is 1.78 bits per heavy atom. The molecule has 0 fully saturated rings. The number of methoxy groups -OCH3 is 1. The fourth-order valence-corrected chi connectivity index (χ4v) is 4.34. The average Bonchev–Trinajstić information content (AvgIpc) is 2.84. The first-order valence-corrected chi connectivity index (χ1v) is 8.76. The molecule has 0 atom stereocenters. The molecule has 0 bridgehead atoms. The standard InChI is InChI=1S/C17H12ClNO2S2/c1-21-12-9-7-11(8-10-12)19-16-15(20)14(18)17(23-16)22-13-5-3-2-4-6-13/h2-10H,1H3. The summed E-state index contributed by atoms with van der Waals surface area (Å²) in [6.07, 6.45) is 0. The van der Waals surface area contributed by atoms with Crippen LogP contribution in [0, 0.1) is 0 Å². The Labute approximate surface area is 147 Å². The fraction of sp³-hybridized carbons (Fsp3) is 0.0588. The van der Waals surface area contributed by atoms with E-state index in [9.17, 15) is 4.79 Å². The van der Waals surface area contributed by atoms with E-state index in [0.29, 0.717) is 10.7 Å². The molecule has 116 valence electrons. The number of ether oxygens (including phenoxy) is 1. The Hall–Kier alpha value is -1.69. The summed E-state index contributed by atoms with van der Waals surface area (Å²) >= 11 is 8.95. The summed E-state index contributed by atoms with van der Waals surface area (Å²) in [7, 11) is 1.61. The van der Waals surface area contributed by atoms with E-state index in [1.807, 2.05) is 30.3 Å². The van der Waals surface area contributed by atoms with Crippen molar-refractivity contribution in [1.82, 2.24) is 0 Å². The molecule has 23 heavy (non-hydrogen) atoms. The van der Waals surface area contributed by atoms with Crippen molar-refractivity contribution in [3.05, 3.63) is 63.9 Å². The Kier molecular flexibility index (Phi) is 5.10. The number of hydrogen-bond acceptors (Lipinski definition) is 5. The van der Waals surface area contributed by atoms with E-state index in [0.717, 1.165) is 14.9 Å². The van der Waals surface area contributed by atoms with Gasteiger partial charge < -0.3 is 4.74 Å². The Morgan fingerprint density at radius 1 is 1.09 bits per heavy atom. The molecule has 2 aromatic carbocycles. The van der Waals surface area contributed by atoms with Crippen LogP contribution >= 0.6 is 35.1 Å². The van der Waals surface area contributed by atoms with Crippen LogP contribution in [0.5, 0.6) is 5.75 Å². The quantitative estimate of drug-likeness (QED) is 0.746. The summed E-state index contributed by atoms with van der Waals surface area (Å²) in [5, 5.41) is 0.620. The number of aliphatic imine (C=N–C) groups is 1. The van der Waals surface area contributed by atoms with Gasteiger partial charge in [-0.15, -0.1) is 0 Å².